The van der Waals surface area contributed by atoms with Crippen molar-refractivity contribution in [3.05, 3.63) is 62.8 Å². The Hall–Kier alpha value is -2.14. The van der Waals surface area contributed by atoms with Gasteiger partial charge in [-0.1, -0.05) is 17.7 Å². The molecule has 0 bridgehead atoms. The lowest BCUT2D eigenvalue weighted by molar-refractivity contribution is 0.0783. The van der Waals surface area contributed by atoms with E-state index in [1.54, 1.807) is 13.2 Å². The topological polar surface area (TPSA) is 66.1 Å². The first kappa shape index (κ1) is 14.3. The molecule has 0 saturated heterocycles. The summed E-state index contributed by atoms with van der Waals surface area (Å²) in [5, 5.41) is -0.00160. The highest BCUT2D eigenvalue weighted by molar-refractivity contribution is 6.30. The molecule has 2 aromatic heterocycles. The minimum Gasteiger partial charge on any atom is -0.336 e. The third-order valence-corrected chi connectivity index (χ3v) is 3.24. The summed E-state index contributed by atoms with van der Waals surface area (Å²) in [7, 11) is 1.68. The third kappa shape index (κ3) is 3.05. The van der Waals surface area contributed by atoms with Gasteiger partial charge in [0.1, 0.15) is 5.02 Å². The van der Waals surface area contributed by atoms with Crippen LogP contribution in [0, 0.1) is 6.92 Å². The molecule has 1 N–H and O–H groups in total. The first-order chi connectivity index (χ1) is 9.49. The number of hydrogen-bond acceptors (Lipinski definition) is 3. The molecule has 20 heavy (non-hydrogen) atoms. The van der Waals surface area contributed by atoms with Gasteiger partial charge in [0.15, 0.2) is 0 Å². The lowest BCUT2D eigenvalue weighted by Gasteiger charge is -2.17. The summed E-state index contributed by atoms with van der Waals surface area (Å²) in [6, 6.07) is 5.16. The Morgan fingerprint density at radius 1 is 1.50 bits per heavy atom. The van der Waals surface area contributed by atoms with E-state index in [1.165, 1.54) is 17.2 Å². The van der Waals surface area contributed by atoms with Crippen LogP contribution in [0.4, 0.5) is 0 Å². The molecular formula is C14H14ClN3O2. The summed E-state index contributed by atoms with van der Waals surface area (Å²) in [4.78, 5) is 31.6. The zero-order valence-electron chi connectivity index (χ0n) is 11.2. The van der Waals surface area contributed by atoms with Gasteiger partial charge in [-0.2, -0.15) is 0 Å². The van der Waals surface area contributed by atoms with E-state index in [4.69, 9.17) is 11.6 Å². The lowest BCUT2D eigenvalue weighted by atomic mass is 10.2. The number of rotatable bonds is 3. The van der Waals surface area contributed by atoms with Crippen molar-refractivity contribution in [3.63, 3.8) is 0 Å². The first-order valence-corrected chi connectivity index (χ1v) is 6.41. The van der Waals surface area contributed by atoms with Crippen LogP contribution in [0.25, 0.3) is 0 Å². The minimum absolute atomic E-state index is 0.00160. The molecule has 2 rings (SSSR count). The normalized spacial score (nSPS) is 10.3. The second kappa shape index (κ2) is 5.88. The van der Waals surface area contributed by atoms with Crippen LogP contribution >= 0.6 is 11.6 Å². The number of aromatic nitrogens is 2. The van der Waals surface area contributed by atoms with Crippen LogP contribution in [0.5, 0.6) is 0 Å². The standard InChI is InChI=1S/C14H14ClN3O2/c1-9-4-3-5-16-12(9)8-18(2)14(20)10-6-11(15)13(19)17-7-10/h3-7H,8H2,1-2H3,(H,17,19). The molecule has 0 saturated carbocycles. The van der Waals surface area contributed by atoms with Gasteiger partial charge in [0, 0.05) is 19.4 Å². The third-order valence-electron chi connectivity index (χ3n) is 2.96. The van der Waals surface area contributed by atoms with Gasteiger partial charge in [-0.05, 0) is 24.6 Å². The molecule has 2 aromatic rings. The molecule has 5 nitrogen and oxygen atoms in total. The second-order valence-electron chi connectivity index (χ2n) is 4.49. The van der Waals surface area contributed by atoms with E-state index in [2.05, 4.69) is 9.97 Å². The van der Waals surface area contributed by atoms with Crippen LogP contribution in [-0.4, -0.2) is 27.8 Å². The Morgan fingerprint density at radius 3 is 2.90 bits per heavy atom. The number of aromatic amines is 1. The van der Waals surface area contributed by atoms with Gasteiger partial charge in [0.2, 0.25) is 0 Å². The summed E-state index contributed by atoms with van der Waals surface area (Å²) >= 11 is 5.72. The van der Waals surface area contributed by atoms with Gasteiger partial charge in [0.25, 0.3) is 11.5 Å². The average molecular weight is 292 g/mol. The van der Waals surface area contributed by atoms with Gasteiger partial charge in [-0.25, -0.2) is 0 Å². The number of H-pyrrole nitrogens is 1. The van der Waals surface area contributed by atoms with Crippen LogP contribution in [0.3, 0.4) is 0 Å². The molecular weight excluding hydrogens is 278 g/mol. The fourth-order valence-corrected chi connectivity index (χ4v) is 1.95. The van der Waals surface area contributed by atoms with Gasteiger partial charge in [-0.3, -0.25) is 14.6 Å². The molecule has 0 spiro atoms. The highest BCUT2D eigenvalue weighted by atomic mass is 35.5. The summed E-state index contributed by atoms with van der Waals surface area (Å²) in [6.07, 6.45) is 3.05. The van der Waals surface area contributed by atoms with Gasteiger partial charge in [-0.15, -0.1) is 0 Å². The Morgan fingerprint density at radius 2 is 2.25 bits per heavy atom. The highest BCUT2D eigenvalue weighted by Crippen LogP contribution is 2.11. The highest BCUT2D eigenvalue weighted by Gasteiger charge is 2.14. The SMILES string of the molecule is Cc1cccnc1CN(C)C(=O)c1c[nH]c(=O)c(Cl)c1. The molecule has 0 fully saturated rings. The Labute approximate surface area is 121 Å². The van der Waals surface area contributed by atoms with Gasteiger partial charge < -0.3 is 9.88 Å². The van der Waals surface area contributed by atoms with Crippen LogP contribution in [0.2, 0.25) is 5.02 Å². The number of carbonyl (C=O) groups excluding carboxylic acids is 1. The van der Waals surface area contributed by atoms with Crippen molar-refractivity contribution < 1.29 is 4.79 Å². The number of carbonyl (C=O) groups is 1. The summed E-state index contributed by atoms with van der Waals surface area (Å²) in [6.45, 7) is 2.33. The van der Waals surface area contributed by atoms with E-state index >= 15 is 0 Å². The monoisotopic (exact) mass is 291 g/mol. The number of pyridine rings is 2. The van der Waals surface area contributed by atoms with Crippen LogP contribution in [-0.2, 0) is 6.54 Å². The number of nitrogens with one attached hydrogen (secondary N) is 1. The summed E-state index contributed by atoms with van der Waals surface area (Å²) in [5.41, 5.74) is 1.78. The molecule has 0 aromatic carbocycles. The predicted octanol–water partition coefficient (Wildman–Crippen LogP) is 2.00. The van der Waals surface area contributed by atoms with Crippen LogP contribution in [0.1, 0.15) is 21.6 Å². The second-order valence-corrected chi connectivity index (χ2v) is 4.90. The van der Waals surface area contributed by atoms with Gasteiger partial charge in [0.05, 0.1) is 17.8 Å². The molecule has 0 aliphatic rings. The zero-order chi connectivity index (χ0) is 14.7. The van der Waals surface area contributed by atoms with Crippen molar-refractivity contribution in [2.45, 2.75) is 13.5 Å². The largest absolute Gasteiger partial charge is 0.336 e. The molecule has 0 unspecified atom stereocenters. The van der Waals surface area contributed by atoms with Gasteiger partial charge >= 0.3 is 0 Å². The number of aryl methyl sites for hydroxylation is 1. The maximum Gasteiger partial charge on any atom is 0.266 e. The van der Waals surface area contributed by atoms with Crippen molar-refractivity contribution in [3.8, 4) is 0 Å². The van der Waals surface area contributed by atoms with Crippen molar-refractivity contribution in [1.29, 1.82) is 0 Å². The maximum atomic E-state index is 12.2. The Bertz CT molecular complexity index is 697. The van der Waals surface area contributed by atoms with Crippen molar-refractivity contribution >= 4 is 17.5 Å². The Balaban J connectivity index is 2.18. The van der Waals surface area contributed by atoms with Crippen molar-refractivity contribution in [2.24, 2.45) is 0 Å². The molecule has 1 amide bonds. The minimum atomic E-state index is -0.411. The molecule has 2 heterocycles. The zero-order valence-corrected chi connectivity index (χ0v) is 11.9. The van der Waals surface area contributed by atoms with E-state index < -0.39 is 5.56 Å². The summed E-state index contributed by atoms with van der Waals surface area (Å²) in [5.74, 6) is -0.229. The number of hydrogen-bond donors (Lipinski definition) is 1. The summed E-state index contributed by atoms with van der Waals surface area (Å²) < 4.78 is 0. The van der Waals surface area contributed by atoms with Crippen molar-refractivity contribution in [2.75, 3.05) is 7.05 Å². The molecule has 6 heteroatoms. The fraction of sp³-hybridized carbons (Fsp3) is 0.214. The van der Waals surface area contributed by atoms with Crippen LogP contribution < -0.4 is 5.56 Å². The predicted molar refractivity (Wildman–Crippen MR) is 76.8 cm³/mol. The van der Waals surface area contributed by atoms with E-state index in [9.17, 15) is 9.59 Å². The number of amides is 1. The molecule has 0 aliphatic carbocycles. The quantitative estimate of drug-likeness (QED) is 0.940. The van der Waals surface area contributed by atoms with E-state index in [0.717, 1.165) is 11.3 Å². The average Bonchev–Trinajstić information content (AvgIpc) is 2.43. The number of halogens is 1. The van der Waals surface area contributed by atoms with E-state index in [-0.39, 0.29) is 10.9 Å². The van der Waals surface area contributed by atoms with Crippen LogP contribution in [0.15, 0.2) is 35.4 Å². The molecule has 0 atom stereocenters. The van der Waals surface area contributed by atoms with E-state index in [0.29, 0.717) is 12.1 Å². The maximum absolute atomic E-state index is 12.2. The molecule has 0 aliphatic heterocycles. The smallest absolute Gasteiger partial charge is 0.266 e. The fourth-order valence-electron chi connectivity index (χ4n) is 1.78. The number of nitrogens with zero attached hydrogens (tertiary/aromatic N) is 2. The molecule has 0 radical (unpaired) electrons. The first-order valence-electron chi connectivity index (χ1n) is 6.03. The molecule has 104 valence electrons. The van der Waals surface area contributed by atoms with E-state index in [1.807, 2.05) is 19.1 Å². The Kier molecular flexibility index (Phi) is 4.20. The lowest BCUT2D eigenvalue weighted by Crippen LogP contribution is -2.27. The van der Waals surface area contributed by atoms with Crippen molar-refractivity contribution in [1.82, 2.24) is 14.9 Å².